The molecule has 2 heterocycles. The number of nitrogens with zero attached hydrogens (tertiary/aromatic N) is 1. The van der Waals surface area contributed by atoms with Gasteiger partial charge in [-0.1, -0.05) is 50.2 Å². The highest BCUT2D eigenvalue weighted by atomic mass is 16.2. The second kappa shape index (κ2) is 5.64. The molecule has 0 fully saturated rings. The van der Waals surface area contributed by atoms with E-state index in [1.807, 2.05) is 48.7 Å². The van der Waals surface area contributed by atoms with Gasteiger partial charge < -0.3 is 10.3 Å². The monoisotopic (exact) mass is 317 g/mol. The topological polar surface area (TPSA) is 57.8 Å². The minimum Gasteiger partial charge on any atom is -0.344 e. The van der Waals surface area contributed by atoms with E-state index in [9.17, 15) is 4.79 Å². The van der Waals surface area contributed by atoms with Gasteiger partial charge in [0.15, 0.2) is 0 Å². The van der Waals surface area contributed by atoms with Crippen molar-refractivity contribution in [2.24, 2.45) is 5.92 Å². The standard InChI is InChI=1S/C20H19N3O/c1-12(2)18-15-10-14(8-9-16(15)23-20(18)24)17-11-21-19(22-17)13-6-4-3-5-7-13/h3-12,18H,1-2H3,(H,21,22)(H,23,24). The van der Waals surface area contributed by atoms with Crippen molar-refractivity contribution in [2.45, 2.75) is 19.8 Å². The van der Waals surface area contributed by atoms with E-state index in [2.05, 4.69) is 30.2 Å². The van der Waals surface area contributed by atoms with Crippen LogP contribution in [0.15, 0.2) is 54.7 Å². The lowest BCUT2D eigenvalue weighted by Gasteiger charge is -2.13. The number of amides is 1. The summed E-state index contributed by atoms with van der Waals surface area (Å²) in [6, 6.07) is 16.1. The van der Waals surface area contributed by atoms with E-state index in [0.29, 0.717) is 0 Å². The van der Waals surface area contributed by atoms with E-state index in [4.69, 9.17) is 4.98 Å². The van der Waals surface area contributed by atoms with Crippen LogP contribution in [0.25, 0.3) is 22.6 Å². The molecular formula is C20H19N3O. The molecule has 1 aliphatic heterocycles. The number of anilines is 1. The number of nitrogens with one attached hydrogen (secondary N) is 2. The fourth-order valence-electron chi connectivity index (χ4n) is 3.32. The molecule has 1 amide bonds. The highest BCUT2D eigenvalue weighted by Crippen LogP contribution is 2.39. The molecule has 0 saturated carbocycles. The SMILES string of the molecule is CC(C)C1C(=O)Nc2ccc(-c3c[nH]c(-c4ccccc4)n3)cc21. The van der Waals surface area contributed by atoms with Crippen LogP contribution in [0, 0.1) is 5.92 Å². The van der Waals surface area contributed by atoms with Crippen LogP contribution < -0.4 is 5.32 Å². The van der Waals surface area contributed by atoms with Gasteiger partial charge in [-0.2, -0.15) is 0 Å². The zero-order valence-corrected chi connectivity index (χ0v) is 13.7. The van der Waals surface area contributed by atoms with E-state index in [-0.39, 0.29) is 17.7 Å². The van der Waals surface area contributed by atoms with E-state index in [1.54, 1.807) is 0 Å². The van der Waals surface area contributed by atoms with E-state index in [1.165, 1.54) is 0 Å². The lowest BCUT2D eigenvalue weighted by molar-refractivity contribution is -0.117. The first-order chi connectivity index (χ1) is 11.6. The van der Waals surface area contributed by atoms with Crippen molar-refractivity contribution in [3.63, 3.8) is 0 Å². The number of aromatic nitrogens is 2. The molecule has 120 valence electrons. The van der Waals surface area contributed by atoms with Crippen molar-refractivity contribution >= 4 is 11.6 Å². The maximum Gasteiger partial charge on any atom is 0.232 e. The third-order valence-corrected chi connectivity index (χ3v) is 4.51. The normalized spacial score (nSPS) is 16.3. The number of benzene rings is 2. The van der Waals surface area contributed by atoms with Crippen LogP contribution in [-0.4, -0.2) is 15.9 Å². The first-order valence-electron chi connectivity index (χ1n) is 8.19. The number of rotatable bonds is 3. The molecule has 4 rings (SSSR count). The summed E-state index contributed by atoms with van der Waals surface area (Å²) < 4.78 is 0. The molecule has 0 radical (unpaired) electrons. The average molecular weight is 317 g/mol. The Hall–Kier alpha value is -2.88. The number of hydrogen-bond acceptors (Lipinski definition) is 2. The van der Waals surface area contributed by atoms with Gasteiger partial charge in [-0.05, 0) is 23.6 Å². The van der Waals surface area contributed by atoms with Crippen LogP contribution in [0.2, 0.25) is 0 Å². The summed E-state index contributed by atoms with van der Waals surface area (Å²) >= 11 is 0. The molecule has 2 aromatic carbocycles. The number of carbonyl (C=O) groups excluding carboxylic acids is 1. The summed E-state index contributed by atoms with van der Waals surface area (Å²) in [5, 5.41) is 2.97. The van der Waals surface area contributed by atoms with Crippen molar-refractivity contribution in [3.8, 4) is 22.6 Å². The molecule has 0 aliphatic carbocycles. The van der Waals surface area contributed by atoms with Crippen LogP contribution in [-0.2, 0) is 4.79 Å². The Kier molecular flexibility index (Phi) is 3.45. The van der Waals surface area contributed by atoms with Gasteiger partial charge in [0, 0.05) is 23.0 Å². The first kappa shape index (κ1) is 14.7. The Balaban J connectivity index is 1.72. The smallest absolute Gasteiger partial charge is 0.232 e. The van der Waals surface area contributed by atoms with Crippen LogP contribution >= 0.6 is 0 Å². The van der Waals surface area contributed by atoms with Crippen molar-refractivity contribution in [1.29, 1.82) is 0 Å². The quantitative estimate of drug-likeness (QED) is 0.750. The van der Waals surface area contributed by atoms with Gasteiger partial charge >= 0.3 is 0 Å². The van der Waals surface area contributed by atoms with Crippen LogP contribution in [0.1, 0.15) is 25.3 Å². The number of aromatic amines is 1. The zero-order chi connectivity index (χ0) is 16.7. The lowest BCUT2D eigenvalue weighted by Crippen LogP contribution is -2.16. The highest BCUT2D eigenvalue weighted by molar-refractivity contribution is 6.03. The number of H-pyrrole nitrogens is 1. The van der Waals surface area contributed by atoms with E-state index in [0.717, 1.165) is 33.9 Å². The number of hydrogen-bond donors (Lipinski definition) is 2. The summed E-state index contributed by atoms with van der Waals surface area (Å²) in [7, 11) is 0. The summed E-state index contributed by atoms with van der Waals surface area (Å²) in [6.07, 6.45) is 1.92. The summed E-state index contributed by atoms with van der Waals surface area (Å²) in [4.78, 5) is 20.1. The van der Waals surface area contributed by atoms with Crippen molar-refractivity contribution in [1.82, 2.24) is 9.97 Å². The molecular weight excluding hydrogens is 298 g/mol. The van der Waals surface area contributed by atoms with Crippen LogP contribution in [0.5, 0.6) is 0 Å². The average Bonchev–Trinajstić information content (AvgIpc) is 3.18. The molecule has 24 heavy (non-hydrogen) atoms. The fourth-order valence-corrected chi connectivity index (χ4v) is 3.32. The van der Waals surface area contributed by atoms with Crippen LogP contribution in [0.3, 0.4) is 0 Å². The van der Waals surface area contributed by atoms with Crippen molar-refractivity contribution in [2.75, 3.05) is 5.32 Å². The van der Waals surface area contributed by atoms with Gasteiger partial charge in [0.05, 0.1) is 11.6 Å². The second-order valence-electron chi connectivity index (χ2n) is 6.51. The molecule has 0 saturated heterocycles. The number of imidazole rings is 1. The third kappa shape index (κ3) is 2.40. The highest BCUT2D eigenvalue weighted by Gasteiger charge is 2.33. The number of fused-ring (bicyclic) bond motifs is 1. The molecule has 4 heteroatoms. The summed E-state index contributed by atoms with van der Waals surface area (Å²) in [5.74, 6) is 1.11. The van der Waals surface area contributed by atoms with Gasteiger partial charge in [-0.3, -0.25) is 4.79 Å². The van der Waals surface area contributed by atoms with Gasteiger partial charge in [-0.25, -0.2) is 4.98 Å². The van der Waals surface area contributed by atoms with E-state index >= 15 is 0 Å². The predicted molar refractivity (Wildman–Crippen MR) is 95.7 cm³/mol. The molecule has 1 atom stereocenters. The van der Waals surface area contributed by atoms with Crippen molar-refractivity contribution in [3.05, 3.63) is 60.3 Å². The molecule has 2 N–H and O–H groups in total. The zero-order valence-electron chi connectivity index (χ0n) is 13.7. The molecule has 3 aromatic rings. The van der Waals surface area contributed by atoms with Crippen molar-refractivity contribution < 1.29 is 4.79 Å². The molecule has 1 aliphatic rings. The lowest BCUT2D eigenvalue weighted by atomic mass is 9.88. The largest absolute Gasteiger partial charge is 0.344 e. The van der Waals surface area contributed by atoms with Gasteiger partial charge in [-0.15, -0.1) is 0 Å². The predicted octanol–water partition coefficient (Wildman–Crippen LogP) is 4.44. The molecule has 0 spiro atoms. The summed E-state index contributed by atoms with van der Waals surface area (Å²) in [6.45, 7) is 4.15. The Bertz CT molecular complexity index is 896. The maximum absolute atomic E-state index is 12.2. The molecule has 4 nitrogen and oxygen atoms in total. The Morgan fingerprint density at radius 2 is 1.83 bits per heavy atom. The number of carbonyl (C=O) groups is 1. The fraction of sp³-hybridized carbons (Fsp3) is 0.200. The van der Waals surface area contributed by atoms with E-state index < -0.39 is 0 Å². The Morgan fingerprint density at radius 1 is 1.04 bits per heavy atom. The molecule has 1 aromatic heterocycles. The van der Waals surface area contributed by atoms with Crippen LogP contribution in [0.4, 0.5) is 5.69 Å². The summed E-state index contributed by atoms with van der Waals surface area (Å²) in [5.41, 5.74) is 4.95. The maximum atomic E-state index is 12.2. The van der Waals surface area contributed by atoms with Gasteiger partial charge in [0.25, 0.3) is 0 Å². The first-order valence-corrected chi connectivity index (χ1v) is 8.19. The molecule has 0 bridgehead atoms. The Morgan fingerprint density at radius 3 is 2.58 bits per heavy atom. The Labute approximate surface area is 141 Å². The minimum absolute atomic E-state index is 0.0872. The van der Waals surface area contributed by atoms with Gasteiger partial charge in [0.2, 0.25) is 5.91 Å². The molecule has 1 unspecified atom stereocenters. The minimum atomic E-state index is -0.0903. The second-order valence-corrected chi connectivity index (χ2v) is 6.51. The van der Waals surface area contributed by atoms with Gasteiger partial charge in [0.1, 0.15) is 5.82 Å². The third-order valence-electron chi connectivity index (χ3n) is 4.51.